The summed E-state index contributed by atoms with van der Waals surface area (Å²) in [7, 11) is 0. The third kappa shape index (κ3) is 4.24. The highest BCUT2D eigenvalue weighted by Gasteiger charge is 2.18. The molecule has 0 spiro atoms. The summed E-state index contributed by atoms with van der Waals surface area (Å²) in [5.74, 6) is -0.755. The largest absolute Gasteiger partial charge is 0.438 e. The number of amides is 1. The lowest BCUT2D eigenvalue weighted by Crippen LogP contribution is -2.34. The summed E-state index contributed by atoms with van der Waals surface area (Å²) < 4.78 is 24.9. The first kappa shape index (κ1) is 18.7. The van der Waals surface area contributed by atoms with Crippen LogP contribution in [0.5, 0.6) is 0 Å². The van der Waals surface area contributed by atoms with E-state index in [1.165, 1.54) is 12.1 Å². The van der Waals surface area contributed by atoms with Gasteiger partial charge in [-0.05, 0) is 55.3 Å². The number of hydrogen-bond donors (Lipinski definition) is 1. The number of carbonyl (C=O) groups excluding carboxylic acids is 1. The number of hydrogen-bond acceptors (Lipinski definition) is 4. The van der Waals surface area contributed by atoms with Gasteiger partial charge in [0.15, 0.2) is 0 Å². The Balaban J connectivity index is 1.76. The van der Waals surface area contributed by atoms with Crippen molar-refractivity contribution in [3.63, 3.8) is 0 Å². The van der Waals surface area contributed by atoms with Gasteiger partial charge in [0.25, 0.3) is 5.91 Å². The second-order valence-electron chi connectivity index (χ2n) is 6.58. The number of nitrogens with zero attached hydrogens (tertiary/aromatic N) is 1. The summed E-state index contributed by atoms with van der Waals surface area (Å²) in [6.45, 7) is 1.12. The standard InChI is InChI=1S/C21H18ClFN2O3/c22-14-6-7-19-13(9-14)10-18(20(26)24-12-17-5-2-8-27-17)21(28-19)25-16-4-1-3-15(23)11-16/h1,3-4,6-7,9-11,17H,2,5,8,12H2,(H,24,26). The predicted molar refractivity (Wildman–Crippen MR) is 104 cm³/mol. The SMILES string of the molecule is O=C(NCC1CCCO1)c1cc2cc(Cl)ccc2oc1=Nc1cccc(F)c1. The minimum absolute atomic E-state index is 0.0133. The third-order valence-corrected chi connectivity index (χ3v) is 4.74. The van der Waals surface area contributed by atoms with Crippen LogP contribution in [0.3, 0.4) is 0 Å². The lowest BCUT2D eigenvalue weighted by molar-refractivity contribution is 0.0854. The molecule has 2 heterocycles. The van der Waals surface area contributed by atoms with E-state index in [9.17, 15) is 9.18 Å². The third-order valence-electron chi connectivity index (χ3n) is 4.51. The van der Waals surface area contributed by atoms with Crippen LogP contribution in [0.15, 0.2) is 57.9 Å². The van der Waals surface area contributed by atoms with Crippen LogP contribution < -0.4 is 10.9 Å². The molecule has 3 aromatic rings. The quantitative estimate of drug-likeness (QED) is 0.707. The van der Waals surface area contributed by atoms with Gasteiger partial charge in [-0.2, -0.15) is 0 Å². The Hall–Kier alpha value is -2.70. The Morgan fingerprint density at radius 1 is 1.25 bits per heavy atom. The van der Waals surface area contributed by atoms with Crippen molar-refractivity contribution in [2.24, 2.45) is 4.99 Å². The molecule has 5 nitrogen and oxygen atoms in total. The van der Waals surface area contributed by atoms with Crippen LogP contribution in [0.25, 0.3) is 11.0 Å². The van der Waals surface area contributed by atoms with Crippen molar-refractivity contribution in [2.45, 2.75) is 18.9 Å². The number of fused-ring (bicyclic) bond motifs is 1. The molecule has 0 bridgehead atoms. The summed E-state index contributed by atoms with van der Waals surface area (Å²) in [6, 6.07) is 12.6. The Kier molecular flexibility index (Phi) is 5.41. The van der Waals surface area contributed by atoms with E-state index in [-0.39, 0.29) is 23.1 Å². The Bertz CT molecular complexity index is 1090. The lowest BCUT2D eigenvalue weighted by Gasteiger charge is -2.11. The molecule has 4 rings (SSSR count). The van der Waals surface area contributed by atoms with Gasteiger partial charge in [0.2, 0.25) is 5.55 Å². The molecule has 1 aliphatic heterocycles. The first-order valence-corrected chi connectivity index (χ1v) is 9.40. The van der Waals surface area contributed by atoms with Crippen LogP contribution in [0.2, 0.25) is 5.02 Å². The van der Waals surface area contributed by atoms with E-state index in [4.69, 9.17) is 20.8 Å². The molecule has 0 radical (unpaired) electrons. The van der Waals surface area contributed by atoms with Gasteiger partial charge in [-0.3, -0.25) is 4.79 Å². The van der Waals surface area contributed by atoms with Gasteiger partial charge < -0.3 is 14.5 Å². The van der Waals surface area contributed by atoms with Crippen LogP contribution in [0, 0.1) is 5.82 Å². The van der Waals surface area contributed by atoms with Crippen LogP contribution in [-0.4, -0.2) is 25.2 Å². The van der Waals surface area contributed by atoms with Crippen molar-refractivity contribution >= 4 is 34.2 Å². The topological polar surface area (TPSA) is 63.8 Å². The van der Waals surface area contributed by atoms with Gasteiger partial charge >= 0.3 is 0 Å². The molecule has 1 saturated heterocycles. The summed E-state index contributed by atoms with van der Waals surface area (Å²) in [5.41, 5.74) is 1.22. The maximum Gasteiger partial charge on any atom is 0.256 e. The van der Waals surface area contributed by atoms with Gasteiger partial charge in [0.1, 0.15) is 17.0 Å². The highest BCUT2D eigenvalue weighted by atomic mass is 35.5. The van der Waals surface area contributed by atoms with Crippen LogP contribution in [0.1, 0.15) is 23.2 Å². The average Bonchev–Trinajstić information content (AvgIpc) is 3.19. The molecule has 144 valence electrons. The van der Waals surface area contributed by atoms with E-state index in [1.807, 2.05) is 0 Å². The van der Waals surface area contributed by atoms with Crippen molar-refractivity contribution in [3.05, 3.63) is 70.5 Å². The fraction of sp³-hybridized carbons (Fsp3) is 0.238. The van der Waals surface area contributed by atoms with Crippen molar-refractivity contribution < 1.29 is 18.3 Å². The van der Waals surface area contributed by atoms with Crippen molar-refractivity contribution in [3.8, 4) is 0 Å². The van der Waals surface area contributed by atoms with Gasteiger partial charge in [-0.1, -0.05) is 17.7 Å². The summed E-state index contributed by atoms with van der Waals surface area (Å²) in [6.07, 6.45) is 1.92. The zero-order valence-corrected chi connectivity index (χ0v) is 15.7. The van der Waals surface area contributed by atoms with Crippen LogP contribution in [0.4, 0.5) is 10.1 Å². The van der Waals surface area contributed by atoms with Gasteiger partial charge in [0.05, 0.1) is 11.8 Å². The second-order valence-corrected chi connectivity index (χ2v) is 7.02. The van der Waals surface area contributed by atoms with Crippen LogP contribution in [-0.2, 0) is 4.74 Å². The monoisotopic (exact) mass is 400 g/mol. The minimum Gasteiger partial charge on any atom is -0.438 e. The molecule has 1 unspecified atom stereocenters. The fourth-order valence-corrected chi connectivity index (χ4v) is 3.30. The highest BCUT2D eigenvalue weighted by Crippen LogP contribution is 2.20. The fourth-order valence-electron chi connectivity index (χ4n) is 3.12. The smallest absolute Gasteiger partial charge is 0.256 e. The molecule has 1 aromatic heterocycles. The van der Waals surface area contributed by atoms with E-state index in [1.54, 1.807) is 36.4 Å². The second kappa shape index (κ2) is 8.12. The molecule has 2 aromatic carbocycles. The number of ether oxygens (including phenoxy) is 1. The van der Waals surface area contributed by atoms with Crippen molar-refractivity contribution in [1.82, 2.24) is 5.32 Å². The average molecular weight is 401 g/mol. The molecule has 1 aliphatic rings. The first-order valence-electron chi connectivity index (χ1n) is 9.02. The maximum absolute atomic E-state index is 13.5. The number of halogens is 2. The number of carbonyl (C=O) groups is 1. The maximum atomic E-state index is 13.5. The molecule has 0 aliphatic carbocycles. The van der Waals surface area contributed by atoms with Gasteiger partial charge in [-0.15, -0.1) is 0 Å². The molecule has 1 atom stereocenters. The molecule has 7 heteroatoms. The number of nitrogens with one attached hydrogen (secondary N) is 1. The molecule has 28 heavy (non-hydrogen) atoms. The van der Waals surface area contributed by atoms with E-state index >= 15 is 0 Å². The van der Waals surface area contributed by atoms with Gasteiger partial charge in [-0.25, -0.2) is 9.38 Å². The Morgan fingerprint density at radius 2 is 2.14 bits per heavy atom. The number of rotatable bonds is 4. The summed E-state index contributed by atoms with van der Waals surface area (Å²) in [4.78, 5) is 17.2. The zero-order chi connectivity index (χ0) is 19.5. The molecule has 1 N–H and O–H groups in total. The van der Waals surface area contributed by atoms with Gasteiger partial charge in [0, 0.05) is 23.6 Å². The molecule has 1 fully saturated rings. The molecule has 0 saturated carbocycles. The lowest BCUT2D eigenvalue weighted by atomic mass is 10.1. The van der Waals surface area contributed by atoms with E-state index in [2.05, 4.69) is 10.3 Å². The summed E-state index contributed by atoms with van der Waals surface area (Å²) in [5, 5.41) is 4.07. The normalized spacial score (nSPS) is 17.2. The zero-order valence-electron chi connectivity index (χ0n) is 15.0. The van der Waals surface area contributed by atoms with Crippen LogP contribution >= 0.6 is 11.6 Å². The predicted octanol–water partition coefficient (Wildman–Crippen LogP) is 4.37. The highest BCUT2D eigenvalue weighted by molar-refractivity contribution is 6.31. The van der Waals surface area contributed by atoms with Crippen molar-refractivity contribution in [2.75, 3.05) is 13.2 Å². The van der Waals surface area contributed by atoms with E-state index in [0.29, 0.717) is 34.8 Å². The molecular formula is C21H18ClFN2O3. The minimum atomic E-state index is -0.418. The molecule has 1 amide bonds. The van der Waals surface area contributed by atoms with E-state index < -0.39 is 5.82 Å². The number of benzene rings is 2. The molecular weight excluding hydrogens is 383 g/mol. The Morgan fingerprint density at radius 3 is 2.93 bits per heavy atom. The van der Waals surface area contributed by atoms with E-state index in [0.717, 1.165) is 12.8 Å². The van der Waals surface area contributed by atoms with Crippen molar-refractivity contribution in [1.29, 1.82) is 0 Å². The Labute approximate surface area is 165 Å². The first-order chi connectivity index (χ1) is 13.6. The summed E-state index contributed by atoms with van der Waals surface area (Å²) >= 11 is 6.06.